The third-order valence-electron chi connectivity index (χ3n) is 15.1. The maximum Gasteiger partial charge on any atom is 0.164 e. The zero-order chi connectivity index (χ0) is 49.1. The summed E-state index contributed by atoms with van der Waals surface area (Å²) in [6.45, 7) is 0. The highest BCUT2D eigenvalue weighted by Gasteiger charge is 2.35. The van der Waals surface area contributed by atoms with Gasteiger partial charge in [0.05, 0.1) is 45.6 Å². The van der Waals surface area contributed by atoms with Crippen LogP contribution in [0.4, 0.5) is 0 Å². The molecule has 0 spiro atoms. The summed E-state index contributed by atoms with van der Waals surface area (Å²) in [6.07, 6.45) is 14.4. The number of fused-ring (bicyclic) bond motifs is 6. The number of hydrogen-bond acceptors (Lipinski definition) is 8. The molecule has 11 nitrogen and oxygen atoms in total. The van der Waals surface area contributed by atoms with Crippen LogP contribution >= 0.6 is 0 Å². The van der Waals surface area contributed by atoms with Gasteiger partial charge in [-0.25, -0.2) is 19.0 Å². The molecule has 0 bridgehead atoms. The molecule has 7 aromatic carbocycles. The molecule has 0 radical (unpaired) electrons. The summed E-state index contributed by atoms with van der Waals surface area (Å²) in [5.74, 6) is 0. The molecule has 5 N–H and O–H groups in total. The summed E-state index contributed by atoms with van der Waals surface area (Å²) in [6, 6.07) is 60.2. The van der Waals surface area contributed by atoms with Crippen molar-refractivity contribution in [2.24, 2.45) is 11.5 Å². The first kappa shape index (κ1) is 43.9. The molecule has 0 unspecified atom stereocenters. The molecule has 0 amide bonds. The van der Waals surface area contributed by atoms with Crippen molar-refractivity contribution >= 4 is 33.1 Å². The monoisotopic (exact) mass is 947 g/mol. The van der Waals surface area contributed by atoms with Gasteiger partial charge in [0.25, 0.3) is 0 Å². The van der Waals surface area contributed by atoms with Gasteiger partial charge in [-0.3, -0.25) is 5.10 Å². The first-order chi connectivity index (χ1) is 35.8. The second-order valence-corrected chi connectivity index (χ2v) is 19.6. The van der Waals surface area contributed by atoms with E-state index in [1.165, 1.54) is 24.0 Å². The number of nitrogens with two attached hydrogens (primary N) is 2. The van der Waals surface area contributed by atoms with Crippen LogP contribution in [0.25, 0.3) is 100 Å². The second kappa shape index (κ2) is 17.6. The van der Waals surface area contributed by atoms with Gasteiger partial charge in [-0.2, -0.15) is 20.6 Å². The minimum atomic E-state index is -0.199. The molecule has 14 rings (SSSR count). The van der Waals surface area contributed by atoms with Crippen LogP contribution in [-0.4, -0.2) is 39.4 Å². The van der Waals surface area contributed by atoms with Crippen LogP contribution in [0.5, 0.6) is 0 Å². The molecule has 0 saturated heterocycles. The number of benzene rings is 7. The van der Waals surface area contributed by atoms with Crippen LogP contribution in [-0.2, 0) is 11.1 Å². The standard InChI is InChI=1S/C33H25N5.C29H24N6/c34-20-22-10-12-24(13-11-22)27-8-4-9-29-30(27)32-36-31(25-14-16-26(17-15-25)33(35)18-5-19-33)28(21-38(32)37-29)23-6-2-1-3-7-23;30-29(13-4-14-29)23-10-7-20(8-11-23)27-25(19-5-2-1-3-6-19)18-35-28(33-27)24-15-21(9-12-26(24)34-35)22-16-31-32-17-22/h1-4,6-17,21H,5,18-19,35H2;1-3,5-12,15-18H,4,13-14,30H2,(H,31,32). The van der Waals surface area contributed by atoms with Crippen LogP contribution in [0, 0.1) is 11.3 Å². The molecule has 2 aliphatic rings. The Labute approximate surface area is 421 Å². The highest BCUT2D eigenvalue weighted by Crippen LogP contribution is 2.42. The Balaban J connectivity index is 0.000000142. The van der Waals surface area contributed by atoms with E-state index in [2.05, 4.69) is 132 Å². The summed E-state index contributed by atoms with van der Waals surface area (Å²) in [4.78, 5) is 10.5. The first-order valence-corrected chi connectivity index (χ1v) is 24.9. The lowest BCUT2D eigenvalue weighted by Gasteiger charge is -2.38. The fraction of sp³-hybridized carbons (Fsp3) is 0.129. The number of aromatic amines is 1. The van der Waals surface area contributed by atoms with Gasteiger partial charge < -0.3 is 11.5 Å². The molecule has 0 aliphatic heterocycles. The number of aromatic nitrogens is 8. The van der Waals surface area contributed by atoms with Gasteiger partial charge in [0.1, 0.15) is 0 Å². The largest absolute Gasteiger partial charge is 0.321 e. The lowest BCUT2D eigenvalue weighted by Crippen LogP contribution is -2.43. The van der Waals surface area contributed by atoms with Crippen molar-refractivity contribution in [1.82, 2.24) is 39.4 Å². The van der Waals surface area contributed by atoms with Crippen LogP contribution in [0.1, 0.15) is 55.2 Å². The number of nitrogens with zero attached hydrogens (tertiary/aromatic N) is 8. The minimum absolute atomic E-state index is 0.177. The number of hydrogen-bond donors (Lipinski definition) is 3. The van der Waals surface area contributed by atoms with Crippen molar-refractivity contribution in [3.8, 4) is 73.1 Å². The quantitative estimate of drug-likeness (QED) is 0.135. The van der Waals surface area contributed by atoms with E-state index in [1.807, 2.05) is 88.2 Å². The summed E-state index contributed by atoms with van der Waals surface area (Å²) in [5.41, 5.74) is 31.6. The van der Waals surface area contributed by atoms with E-state index >= 15 is 0 Å². The maximum absolute atomic E-state index is 9.24. The van der Waals surface area contributed by atoms with Crippen molar-refractivity contribution in [3.05, 3.63) is 211 Å². The molecule has 73 heavy (non-hydrogen) atoms. The lowest BCUT2D eigenvalue weighted by molar-refractivity contribution is 0.253. The molecule has 12 aromatic rings. The Hall–Kier alpha value is -9.08. The van der Waals surface area contributed by atoms with Gasteiger partial charge in [0.2, 0.25) is 0 Å². The van der Waals surface area contributed by atoms with E-state index in [0.29, 0.717) is 5.56 Å². The van der Waals surface area contributed by atoms with Crippen molar-refractivity contribution in [1.29, 1.82) is 5.26 Å². The smallest absolute Gasteiger partial charge is 0.164 e. The summed E-state index contributed by atoms with van der Waals surface area (Å²) >= 11 is 0. The fourth-order valence-electron chi connectivity index (χ4n) is 10.6. The third-order valence-corrected chi connectivity index (χ3v) is 15.1. The predicted octanol–water partition coefficient (Wildman–Crippen LogP) is 13.0. The van der Waals surface area contributed by atoms with Crippen molar-refractivity contribution in [2.45, 2.75) is 49.6 Å². The molecule has 11 heteroatoms. The summed E-state index contributed by atoms with van der Waals surface area (Å²) in [7, 11) is 0. The van der Waals surface area contributed by atoms with E-state index in [0.717, 1.165) is 126 Å². The second-order valence-electron chi connectivity index (χ2n) is 19.6. The van der Waals surface area contributed by atoms with E-state index in [4.69, 9.17) is 31.6 Å². The van der Waals surface area contributed by atoms with E-state index in [-0.39, 0.29) is 11.1 Å². The van der Waals surface area contributed by atoms with E-state index in [1.54, 1.807) is 0 Å². The average Bonchev–Trinajstić information content (AvgIpc) is 4.20. The number of nitrogens with one attached hydrogen (secondary N) is 1. The highest BCUT2D eigenvalue weighted by molar-refractivity contribution is 6.05. The molecule has 5 aromatic heterocycles. The maximum atomic E-state index is 9.24. The van der Waals surface area contributed by atoms with Crippen LogP contribution in [0.15, 0.2) is 195 Å². The predicted molar refractivity (Wildman–Crippen MR) is 290 cm³/mol. The van der Waals surface area contributed by atoms with Gasteiger partial charge in [0.15, 0.2) is 11.3 Å². The Morgan fingerprint density at radius 3 is 1.55 bits per heavy atom. The summed E-state index contributed by atoms with van der Waals surface area (Å²) < 4.78 is 3.79. The van der Waals surface area contributed by atoms with Crippen molar-refractivity contribution in [2.75, 3.05) is 0 Å². The summed E-state index contributed by atoms with van der Waals surface area (Å²) in [5, 5.41) is 28.0. The third kappa shape index (κ3) is 7.81. The Morgan fingerprint density at radius 1 is 0.493 bits per heavy atom. The highest BCUT2D eigenvalue weighted by atomic mass is 15.3. The van der Waals surface area contributed by atoms with E-state index < -0.39 is 0 Å². The number of nitriles is 1. The van der Waals surface area contributed by atoms with Gasteiger partial charge in [0, 0.05) is 62.9 Å². The van der Waals surface area contributed by atoms with Crippen LogP contribution < -0.4 is 11.5 Å². The molecule has 5 heterocycles. The normalized spacial score (nSPS) is 14.6. The van der Waals surface area contributed by atoms with Gasteiger partial charge in [-0.1, -0.05) is 140 Å². The Kier molecular flexibility index (Phi) is 10.6. The molecular formula is C62H49N11. The zero-order valence-electron chi connectivity index (χ0n) is 40.0. The molecule has 2 aliphatic carbocycles. The molecular weight excluding hydrogens is 899 g/mol. The van der Waals surface area contributed by atoms with Crippen LogP contribution in [0.2, 0.25) is 0 Å². The lowest BCUT2D eigenvalue weighted by atomic mass is 9.72. The van der Waals surface area contributed by atoms with E-state index in [9.17, 15) is 5.26 Å². The molecule has 2 saturated carbocycles. The molecule has 0 atom stereocenters. The first-order valence-electron chi connectivity index (χ1n) is 24.9. The van der Waals surface area contributed by atoms with Crippen LogP contribution in [0.3, 0.4) is 0 Å². The number of rotatable bonds is 8. The molecule has 2 fully saturated rings. The molecule has 352 valence electrons. The van der Waals surface area contributed by atoms with Gasteiger partial charge >= 0.3 is 0 Å². The average molecular weight is 948 g/mol. The Bertz CT molecular complexity index is 4030. The topological polar surface area (TPSA) is 165 Å². The fourth-order valence-corrected chi connectivity index (χ4v) is 10.6. The Morgan fingerprint density at radius 2 is 1.01 bits per heavy atom. The van der Waals surface area contributed by atoms with Crippen molar-refractivity contribution in [3.63, 3.8) is 0 Å². The van der Waals surface area contributed by atoms with Gasteiger partial charge in [-0.15, -0.1) is 0 Å². The minimum Gasteiger partial charge on any atom is -0.321 e. The SMILES string of the molecule is N#Cc1ccc(-c2cccc3nn4cc(-c5ccccc5)c(-c5ccc(C6(N)CCC6)cc5)nc4c23)cc1.NC1(c2ccc(-c3nc4c5cc(-c6cn[nH]c6)ccc5nn4cc3-c3ccccc3)cc2)CCC1. The zero-order valence-corrected chi connectivity index (χ0v) is 40.0. The van der Waals surface area contributed by atoms with Crippen molar-refractivity contribution < 1.29 is 0 Å². The van der Waals surface area contributed by atoms with Gasteiger partial charge in [-0.05, 0) is 108 Å². The number of H-pyrrole nitrogens is 1.